The van der Waals surface area contributed by atoms with Crippen LogP contribution in [-0.2, 0) is 4.79 Å². The van der Waals surface area contributed by atoms with Gasteiger partial charge in [0.15, 0.2) is 0 Å². The Morgan fingerprint density at radius 3 is 2.71 bits per heavy atom. The van der Waals surface area contributed by atoms with Crippen LogP contribution in [-0.4, -0.2) is 39.2 Å². The van der Waals surface area contributed by atoms with Gasteiger partial charge in [-0.25, -0.2) is 4.98 Å². The molecule has 3 rings (SSSR count). The smallest absolute Gasteiger partial charge is 0.253 e. The van der Waals surface area contributed by atoms with Crippen molar-refractivity contribution < 1.29 is 9.59 Å². The molecule has 2 aromatic rings. The summed E-state index contributed by atoms with van der Waals surface area (Å²) in [5.41, 5.74) is 0.0318. The fourth-order valence-electron chi connectivity index (χ4n) is 2.96. The number of nitrogens with zero attached hydrogens (tertiary/aromatic N) is 3. The van der Waals surface area contributed by atoms with Crippen molar-refractivity contribution in [3.8, 4) is 0 Å². The van der Waals surface area contributed by atoms with E-state index in [9.17, 15) is 9.59 Å². The second-order valence-corrected chi connectivity index (χ2v) is 7.11. The summed E-state index contributed by atoms with van der Waals surface area (Å²) in [6.45, 7) is 4.77. The first-order valence-electron chi connectivity index (χ1n) is 7.94. The third-order valence-corrected chi connectivity index (χ3v) is 5.02. The van der Waals surface area contributed by atoms with Crippen molar-refractivity contribution in [1.29, 1.82) is 0 Å². The highest BCUT2D eigenvalue weighted by Crippen LogP contribution is 2.32. The Morgan fingerprint density at radius 2 is 2.04 bits per heavy atom. The number of rotatable bonds is 3. The summed E-state index contributed by atoms with van der Waals surface area (Å²) in [6, 6.07) is 9.19. The average Bonchev–Trinajstić information content (AvgIpc) is 3.00. The fourth-order valence-corrected chi connectivity index (χ4v) is 3.53. The first kappa shape index (κ1) is 16.6. The van der Waals surface area contributed by atoms with Gasteiger partial charge in [0.2, 0.25) is 11.0 Å². The maximum absolute atomic E-state index is 12.7. The molecule has 0 spiro atoms. The molecule has 1 aromatic heterocycles. The Labute approximate surface area is 145 Å². The number of aromatic nitrogens is 2. The Balaban J connectivity index is 1.71. The van der Waals surface area contributed by atoms with Crippen molar-refractivity contribution in [2.24, 2.45) is 5.41 Å². The average molecular weight is 344 g/mol. The topological polar surface area (TPSA) is 75.2 Å². The molecule has 1 N–H and O–H groups in total. The molecule has 1 fully saturated rings. The van der Waals surface area contributed by atoms with E-state index in [0.717, 1.165) is 12.8 Å². The number of carbonyl (C=O) groups is 2. The lowest BCUT2D eigenvalue weighted by Gasteiger charge is -2.39. The van der Waals surface area contributed by atoms with Gasteiger partial charge in [-0.3, -0.25) is 9.59 Å². The van der Waals surface area contributed by atoms with Crippen molar-refractivity contribution in [2.45, 2.75) is 26.7 Å². The van der Waals surface area contributed by atoms with Gasteiger partial charge in [0.25, 0.3) is 5.91 Å². The molecule has 0 saturated carbocycles. The van der Waals surface area contributed by atoms with Gasteiger partial charge in [0.05, 0.1) is 5.41 Å². The van der Waals surface area contributed by atoms with Crippen LogP contribution in [0.2, 0.25) is 0 Å². The SMILES string of the molecule is Cc1nsc(NC(=O)C2(C)CCCN(C(=O)c3ccccc3)C2)n1. The third kappa shape index (κ3) is 3.46. The second kappa shape index (κ2) is 6.68. The molecule has 1 atom stereocenters. The number of hydrogen-bond acceptors (Lipinski definition) is 5. The van der Waals surface area contributed by atoms with E-state index < -0.39 is 5.41 Å². The zero-order valence-electron chi connectivity index (χ0n) is 13.8. The molecule has 1 aromatic carbocycles. The van der Waals surface area contributed by atoms with Crippen molar-refractivity contribution in [3.63, 3.8) is 0 Å². The van der Waals surface area contributed by atoms with E-state index >= 15 is 0 Å². The number of aryl methyl sites for hydroxylation is 1. The predicted molar refractivity (Wildman–Crippen MR) is 93.0 cm³/mol. The van der Waals surface area contributed by atoms with E-state index in [1.165, 1.54) is 11.5 Å². The lowest BCUT2D eigenvalue weighted by atomic mass is 9.80. The van der Waals surface area contributed by atoms with Gasteiger partial charge in [0.1, 0.15) is 5.82 Å². The van der Waals surface area contributed by atoms with Crippen molar-refractivity contribution >= 4 is 28.5 Å². The Hall–Kier alpha value is -2.28. The first-order chi connectivity index (χ1) is 11.5. The standard InChI is InChI=1S/C17H20N4O2S/c1-12-18-16(24-20-12)19-15(23)17(2)9-6-10-21(11-17)14(22)13-7-4-3-5-8-13/h3-5,7-8H,6,9-11H2,1-2H3,(H,18,19,20,23). The van der Waals surface area contributed by atoms with Crippen LogP contribution in [0.4, 0.5) is 5.13 Å². The molecule has 0 radical (unpaired) electrons. The van der Waals surface area contributed by atoms with Crippen molar-refractivity contribution in [1.82, 2.24) is 14.3 Å². The van der Waals surface area contributed by atoms with Crippen LogP contribution in [0.5, 0.6) is 0 Å². The zero-order valence-corrected chi connectivity index (χ0v) is 14.6. The van der Waals surface area contributed by atoms with Crippen LogP contribution < -0.4 is 5.32 Å². The monoisotopic (exact) mass is 344 g/mol. The summed E-state index contributed by atoms with van der Waals surface area (Å²) >= 11 is 1.17. The molecule has 7 heteroatoms. The largest absolute Gasteiger partial charge is 0.338 e. The quantitative estimate of drug-likeness (QED) is 0.929. The third-order valence-electron chi connectivity index (χ3n) is 4.30. The van der Waals surface area contributed by atoms with Crippen LogP contribution >= 0.6 is 11.5 Å². The van der Waals surface area contributed by atoms with E-state index in [2.05, 4.69) is 14.7 Å². The molecule has 1 aliphatic rings. The zero-order chi connectivity index (χ0) is 17.2. The van der Waals surface area contributed by atoms with E-state index in [-0.39, 0.29) is 11.8 Å². The van der Waals surface area contributed by atoms with E-state index in [0.29, 0.717) is 29.6 Å². The van der Waals surface area contributed by atoms with Gasteiger partial charge >= 0.3 is 0 Å². The predicted octanol–water partition coefficient (Wildman–Crippen LogP) is 2.73. The summed E-state index contributed by atoms with van der Waals surface area (Å²) < 4.78 is 4.07. The molecular weight excluding hydrogens is 324 g/mol. The van der Waals surface area contributed by atoms with E-state index in [1.54, 1.807) is 24.0 Å². The normalized spacial score (nSPS) is 20.7. The summed E-state index contributed by atoms with van der Waals surface area (Å²) in [6.07, 6.45) is 1.55. The minimum Gasteiger partial charge on any atom is -0.338 e. The lowest BCUT2D eigenvalue weighted by molar-refractivity contribution is -0.127. The molecule has 2 amide bonds. The van der Waals surface area contributed by atoms with Crippen LogP contribution in [0.15, 0.2) is 30.3 Å². The molecule has 0 aliphatic carbocycles. The highest BCUT2D eigenvalue weighted by molar-refractivity contribution is 7.09. The lowest BCUT2D eigenvalue weighted by Crippen LogP contribution is -2.50. The number of carbonyl (C=O) groups excluding carboxylic acids is 2. The minimum atomic E-state index is -0.623. The number of anilines is 1. The summed E-state index contributed by atoms with van der Waals surface area (Å²) in [7, 11) is 0. The first-order valence-corrected chi connectivity index (χ1v) is 8.71. The molecule has 0 bridgehead atoms. The summed E-state index contributed by atoms with van der Waals surface area (Å²) in [5, 5.41) is 3.35. The van der Waals surface area contributed by atoms with Gasteiger partial charge in [0, 0.05) is 30.2 Å². The number of likely N-dealkylation sites (tertiary alicyclic amines) is 1. The molecule has 2 heterocycles. The maximum Gasteiger partial charge on any atom is 0.253 e. The molecule has 126 valence electrons. The Morgan fingerprint density at radius 1 is 1.29 bits per heavy atom. The molecule has 24 heavy (non-hydrogen) atoms. The number of nitrogens with one attached hydrogen (secondary N) is 1. The van der Waals surface area contributed by atoms with E-state index in [4.69, 9.17) is 0 Å². The molecule has 1 unspecified atom stereocenters. The minimum absolute atomic E-state index is 0.0268. The van der Waals surface area contributed by atoms with Gasteiger partial charge in [-0.05, 0) is 38.8 Å². The number of hydrogen-bond donors (Lipinski definition) is 1. The number of amides is 2. The number of piperidine rings is 1. The highest BCUT2D eigenvalue weighted by atomic mass is 32.1. The molecule has 1 saturated heterocycles. The van der Waals surface area contributed by atoms with Gasteiger partial charge in [-0.1, -0.05) is 18.2 Å². The fraction of sp³-hybridized carbons (Fsp3) is 0.412. The molecule has 6 nitrogen and oxygen atoms in total. The van der Waals surface area contributed by atoms with Gasteiger partial charge in [-0.2, -0.15) is 4.37 Å². The van der Waals surface area contributed by atoms with Crippen LogP contribution in [0, 0.1) is 12.3 Å². The van der Waals surface area contributed by atoms with Gasteiger partial charge in [-0.15, -0.1) is 0 Å². The maximum atomic E-state index is 12.7. The molecular formula is C17H20N4O2S. The Bertz CT molecular complexity index is 746. The Kier molecular flexibility index (Phi) is 4.62. The second-order valence-electron chi connectivity index (χ2n) is 6.36. The van der Waals surface area contributed by atoms with Crippen molar-refractivity contribution in [2.75, 3.05) is 18.4 Å². The van der Waals surface area contributed by atoms with Crippen LogP contribution in [0.25, 0.3) is 0 Å². The summed E-state index contributed by atoms with van der Waals surface area (Å²) in [4.78, 5) is 31.3. The summed E-state index contributed by atoms with van der Waals surface area (Å²) in [5.74, 6) is 0.510. The van der Waals surface area contributed by atoms with E-state index in [1.807, 2.05) is 25.1 Å². The van der Waals surface area contributed by atoms with Crippen LogP contribution in [0.3, 0.4) is 0 Å². The van der Waals surface area contributed by atoms with Crippen LogP contribution in [0.1, 0.15) is 35.9 Å². The van der Waals surface area contributed by atoms with Crippen molar-refractivity contribution in [3.05, 3.63) is 41.7 Å². The number of benzene rings is 1. The van der Waals surface area contributed by atoms with Gasteiger partial charge < -0.3 is 10.2 Å². The molecule has 1 aliphatic heterocycles. The highest BCUT2D eigenvalue weighted by Gasteiger charge is 2.39.